The maximum absolute atomic E-state index is 12.2. The monoisotopic (exact) mass is 248 g/mol. The van der Waals surface area contributed by atoms with Crippen LogP contribution in [0.1, 0.15) is 25.0 Å². The predicted molar refractivity (Wildman–Crippen MR) is 57.6 cm³/mol. The average molecular weight is 248 g/mol. The van der Waals surface area contributed by atoms with Crippen molar-refractivity contribution in [3.05, 3.63) is 29.3 Å². The van der Waals surface area contributed by atoms with Gasteiger partial charge < -0.3 is 9.84 Å². The third-order valence-corrected chi connectivity index (χ3v) is 2.17. The van der Waals surface area contributed by atoms with Gasteiger partial charge in [0.15, 0.2) is 0 Å². The molecule has 2 nitrogen and oxygen atoms in total. The van der Waals surface area contributed by atoms with Crippen molar-refractivity contribution in [3.63, 3.8) is 0 Å². The maximum Gasteiger partial charge on any atom is 0.573 e. The quantitative estimate of drug-likeness (QED) is 0.886. The Hall–Kier alpha value is -1.23. The SMILES string of the molecule is CC(C)Cc1ccc(CO)cc1OC(F)(F)F. The van der Waals surface area contributed by atoms with Gasteiger partial charge >= 0.3 is 6.36 Å². The van der Waals surface area contributed by atoms with E-state index in [0.29, 0.717) is 17.5 Å². The molecule has 0 bridgehead atoms. The zero-order valence-corrected chi connectivity index (χ0v) is 9.71. The van der Waals surface area contributed by atoms with Crippen LogP contribution in [0.5, 0.6) is 5.75 Å². The first-order valence-electron chi connectivity index (χ1n) is 5.30. The number of aliphatic hydroxyl groups excluding tert-OH is 1. The van der Waals surface area contributed by atoms with E-state index < -0.39 is 6.36 Å². The first-order chi connectivity index (χ1) is 7.81. The topological polar surface area (TPSA) is 29.5 Å². The average Bonchev–Trinajstić information content (AvgIpc) is 2.17. The van der Waals surface area contributed by atoms with Gasteiger partial charge in [-0.3, -0.25) is 0 Å². The molecule has 0 saturated carbocycles. The Balaban J connectivity index is 3.03. The van der Waals surface area contributed by atoms with Crippen molar-refractivity contribution in [2.75, 3.05) is 0 Å². The Morgan fingerprint density at radius 1 is 1.29 bits per heavy atom. The third-order valence-electron chi connectivity index (χ3n) is 2.17. The van der Waals surface area contributed by atoms with Gasteiger partial charge in [0.25, 0.3) is 0 Å². The molecule has 0 spiro atoms. The van der Waals surface area contributed by atoms with Crippen molar-refractivity contribution in [1.29, 1.82) is 0 Å². The summed E-state index contributed by atoms with van der Waals surface area (Å²) in [7, 11) is 0. The minimum absolute atomic E-state index is 0.224. The number of alkyl halides is 3. The summed E-state index contributed by atoms with van der Waals surface area (Å²) >= 11 is 0. The molecule has 1 aromatic carbocycles. The van der Waals surface area contributed by atoms with E-state index in [9.17, 15) is 13.2 Å². The number of hydrogen-bond acceptors (Lipinski definition) is 2. The largest absolute Gasteiger partial charge is 0.573 e. The molecular weight excluding hydrogens is 233 g/mol. The number of benzene rings is 1. The Bertz CT molecular complexity index is 373. The number of hydrogen-bond donors (Lipinski definition) is 1. The molecule has 5 heteroatoms. The molecule has 0 aliphatic carbocycles. The van der Waals surface area contributed by atoms with Crippen LogP contribution >= 0.6 is 0 Å². The fraction of sp³-hybridized carbons (Fsp3) is 0.500. The molecule has 0 unspecified atom stereocenters. The zero-order valence-electron chi connectivity index (χ0n) is 9.71. The second-order valence-electron chi connectivity index (χ2n) is 4.25. The minimum Gasteiger partial charge on any atom is -0.405 e. The number of rotatable bonds is 4. The normalized spacial score (nSPS) is 11.9. The van der Waals surface area contributed by atoms with E-state index >= 15 is 0 Å². The van der Waals surface area contributed by atoms with Crippen LogP contribution in [0.15, 0.2) is 18.2 Å². The molecular formula is C12H15F3O2. The second-order valence-corrected chi connectivity index (χ2v) is 4.25. The zero-order chi connectivity index (χ0) is 13.1. The summed E-state index contributed by atoms with van der Waals surface area (Å²) < 4.78 is 40.6. The molecule has 0 atom stereocenters. The van der Waals surface area contributed by atoms with Crippen molar-refractivity contribution in [1.82, 2.24) is 0 Å². The van der Waals surface area contributed by atoms with Crippen molar-refractivity contribution < 1.29 is 23.0 Å². The Labute approximate surface area is 98.0 Å². The van der Waals surface area contributed by atoms with Gasteiger partial charge in [0, 0.05) is 0 Å². The smallest absolute Gasteiger partial charge is 0.405 e. The van der Waals surface area contributed by atoms with Crippen LogP contribution in [0.3, 0.4) is 0 Å². The van der Waals surface area contributed by atoms with E-state index in [1.54, 1.807) is 12.1 Å². The molecule has 0 fully saturated rings. The lowest BCUT2D eigenvalue weighted by Gasteiger charge is -2.15. The molecule has 1 aromatic rings. The van der Waals surface area contributed by atoms with E-state index in [1.807, 2.05) is 13.8 Å². The van der Waals surface area contributed by atoms with E-state index in [1.165, 1.54) is 6.07 Å². The third kappa shape index (κ3) is 4.65. The molecule has 17 heavy (non-hydrogen) atoms. The molecule has 0 saturated heterocycles. The van der Waals surface area contributed by atoms with E-state index in [4.69, 9.17) is 5.11 Å². The van der Waals surface area contributed by atoms with Gasteiger partial charge in [-0.2, -0.15) is 0 Å². The Morgan fingerprint density at radius 2 is 1.94 bits per heavy atom. The van der Waals surface area contributed by atoms with E-state index in [0.717, 1.165) is 0 Å². The van der Waals surface area contributed by atoms with Gasteiger partial charge in [-0.05, 0) is 29.5 Å². The predicted octanol–water partition coefficient (Wildman–Crippen LogP) is 3.28. The summed E-state index contributed by atoms with van der Waals surface area (Å²) in [5, 5.41) is 8.90. The van der Waals surface area contributed by atoms with Crippen LogP contribution in [0, 0.1) is 5.92 Å². The molecule has 0 aliphatic heterocycles. The van der Waals surface area contributed by atoms with Gasteiger partial charge in [-0.1, -0.05) is 26.0 Å². The molecule has 96 valence electrons. The summed E-state index contributed by atoms with van der Waals surface area (Å²) in [5.41, 5.74) is 0.895. The Kier molecular flexibility index (Phi) is 4.40. The molecule has 0 heterocycles. The molecule has 1 rings (SSSR count). The standard InChI is InChI=1S/C12H15F3O2/c1-8(2)5-10-4-3-9(7-16)6-11(10)17-12(13,14)15/h3-4,6,8,16H,5,7H2,1-2H3. The summed E-state index contributed by atoms with van der Waals surface area (Å²) in [6, 6.07) is 4.39. The highest BCUT2D eigenvalue weighted by atomic mass is 19.4. The maximum atomic E-state index is 12.2. The lowest BCUT2D eigenvalue weighted by molar-refractivity contribution is -0.274. The molecule has 0 aromatic heterocycles. The van der Waals surface area contributed by atoms with E-state index in [-0.39, 0.29) is 18.3 Å². The summed E-state index contributed by atoms with van der Waals surface area (Å²) in [4.78, 5) is 0. The van der Waals surface area contributed by atoms with Crippen molar-refractivity contribution >= 4 is 0 Å². The first-order valence-corrected chi connectivity index (χ1v) is 5.30. The highest BCUT2D eigenvalue weighted by molar-refractivity contribution is 5.37. The van der Waals surface area contributed by atoms with Crippen LogP contribution in [-0.2, 0) is 13.0 Å². The highest BCUT2D eigenvalue weighted by Crippen LogP contribution is 2.29. The molecule has 0 amide bonds. The summed E-state index contributed by atoms with van der Waals surface area (Å²) in [6.07, 6.45) is -4.21. The molecule has 0 radical (unpaired) electrons. The van der Waals surface area contributed by atoms with Gasteiger partial charge in [-0.15, -0.1) is 13.2 Å². The second kappa shape index (κ2) is 5.40. The Morgan fingerprint density at radius 3 is 2.41 bits per heavy atom. The minimum atomic E-state index is -4.71. The number of halogens is 3. The van der Waals surface area contributed by atoms with Gasteiger partial charge in [-0.25, -0.2) is 0 Å². The first kappa shape index (κ1) is 13.8. The van der Waals surface area contributed by atoms with Crippen LogP contribution in [0.2, 0.25) is 0 Å². The summed E-state index contributed by atoms with van der Waals surface area (Å²) in [5.74, 6) is 0.00307. The fourth-order valence-corrected chi connectivity index (χ4v) is 1.53. The fourth-order valence-electron chi connectivity index (χ4n) is 1.53. The van der Waals surface area contributed by atoms with Crippen LogP contribution < -0.4 is 4.74 Å². The summed E-state index contributed by atoms with van der Waals surface area (Å²) in [6.45, 7) is 3.52. The lowest BCUT2D eigenvalue weighted by atomic mass is 10.0. The van der Waals surface area contributed by atoms with Crippen LogP contribution in [-0.4, -0.2) is 11.5 Å². The van der Waals surface area contributed by atoms with Crippen molar-refractivity contribution in [2.24, 2.45) is 5.92 Å². The van der Waals surface area contributed by atoms with Crippen LogP contribution in [0.25, 0.3) is 0 Å². The van der Waals surface area contributed by atoms with Crippen molar-refractivity contribution in [3.8, 4) is 5.75 Å². The van der Waals surface area contributed by atoms with Gasteiger partial charge in [0.1, 0.15) is 5.75 Å². The number of ether oxygens (including phenoxy) is 1. The van der Waals surface area contributed by atoms with Gasteiger partial charge in [0.2, 0.25) is 0 Å². The molecule has 1 N–H and O–H groups in total. The highest BCUT2D eigenvalue weighted by Gasteiger charge is 2.32. The van der Waals surface area contributed by atoms with Crippen LogP contribution in [0.4, 0.5) is 13.2 Å². The van der Waals surface area contributed by atoms with Crippen molar-refractivity contribution in [2.45, 2.75) is 33.2 Å². The van der Waals surface area contributed by atoms with E-state index in [2.05, 4.69) is 4.74 Å². The van der Waals surface area contributed by atoms with Gasteiger partial charge in [0.05, 0.1) is 6.61 Å². The number of aliphatic hydroxyl groups is 1. The molecule has 0 aliphatic rings. The lowest BCUT2D eigenvalue weighted by Crippen LogP contribution is -2.18.